The molecule has 0 bridgehead atoms. The van der Waals surface area contributed by atoms with Crippen molar-refractivity contribution < 1.29 is 0 Å². The normalized spacial score (nSPS) is 10.5. The quantitative estimate of drug-likeness (QED) is 0.609. The molecule has 0 spiro atoms. The van der Waals surface area contributed by atoms with Gasteiger partial charge in [0.2, 0.25) is 5.95 Å². The molecule has 0 atom stereocenters. The van der Waals surface area contributed by atoms with Crippen LogP contribution in [-0.2, 0) is 0 Å². The van der Waals surface area contributed by atoms with Crippen LogP contribution in [0.4, 0.5) is 11.8 Å². The monoisotopic (exact) mass is 312 g/mol. The fourth-order valence-electron chi connectivity index (χ4n) is 2.34. The average Bonchev–Trinajstić information content (AvgIpc) is 2.60. The number of anilines is 2. The Balaban J connectivity index is 2.14. The Labute approximate surface area is 139 Å². The maximum Gasteiger partial charge on any atom is 0.225 e. The van der Waals surface area contributed by atoms with E-state index < -0.39 is 0 Å². The van der Waals surface area contributed by atoms with Gasteiger partial charge in [-0.15, -0.1) is 0 Å². The minimum Gasteiger partial charge on any atom is -0.370 e. The summed E-state index contributed by atoms with van der Waals surface area (Å²) < 4.78 is 0. The van der Waals surface area contributed by atoms with Crippen molar-refractivity contribution in [2.45, 2.75) is 46.0 Å². The summed E-state index contributed by atoms with van der Waals surface area (Å²) in [5, 5.41) is 6.76. The minimum atomic E-state index is 0.706. The molecule has 2 aromatic rings. The number of rotatable bonds is 10. The lowest BCUT2D eigenvalue weighted by Crippen LogP contribution is -2.09. The Kier molecular flexibility index (Phi) is 7.37. The summed E-state index contributed by atoms with van der Waals surface area (Å²) in [6, 6.07) is 12.3. The molecular weight excluding hydrogens is 284 g/mol. The van der Waals surface area contributed by atoms with Gasteiger partial charge in [0.15, 0.2) is 0 Å². The maximum atomic E-state index is 4.66. The van der Waals surface area contributed by atoms with Gasteiger partial charge < -0.3 is 10.6 Å². The Bertz CT molecular complexity index is 569. The predicted molar refractivity (Wildman–Crippen MR) is 98.9 cm³/mol. The molecule has 23 heavy (non-hydrogen) atoms. The lowest BCUT2D eigenvalue weighted by atomic mass is 10.1. The summed E-state index contributed by atoms with van der Waals surface area (Å²) in [7, 11) is 0. The van der Waals surface area contributed by atoms with Crippen molar-refractivity contribution in [1.82, 2.24) is 9.97 Å². The molecular formula is C19H28N4. The van der Waals surface area contributed by atoms with Crippen LogP contribution in [0.15, 0.2) is 36.4 Å². The second-order valence-electron chi connectivity index (χ2n) is 5.74. The highest BCUT2D eigenvalue weighted by Crippen LogP contribution is 2.21. The van der Waals surface area contributed by atoms with Crippen molar-refractivity contribution in [3.8, 4) is 11.3 Å². The van der Waals surface area contributed by atoms with Crippen molar-refractivity contribution in [3.63, 3.8) is 0 Å². The highest BCUT2D eigenvalue weighted by Gasteiger charge is 2.06. The van der Waals surface area contributed by atoms with E-state index in [2.05, 4.69) is 46.6 Å². The van der Waals surface area contributed by atoms with E-state index in [0.29, 0.717) is 5.95 Å². The number of unbranched alkanes of at least 4 members (excludes halogenated alkanes) is 3. The molecule has 2 rings (SSSR count). The minimum absolute atomic E-state index is 0.706. The molecule has 4 heteroatoms. The molecule has 124 valence electrons. The van der Waals surface area contributed by atoms with E-state index in [1.807, 2.05) is 24.3 Å². The van der Waals surface area contributed by atoms with E-state index in [4.69, 9.17) is 0 Å². The van der Waals surface area contributed by atoms with E-state index in [9.17, 15) is 0 Å². The summed E-state index contributed by atoms with van der Waals surface area (Å²) in [5.41, 5.74) is 2.07. The molecule has 1 aromatic heterocycles. The number of nitrogens with one attached hydrogen (secondary N) is 2. The van der Waals surface area contributed by atoms with Crippen LogP contribution in [0.5, 0.6) is 0 Å². The molecule has 0 aliphatic rings. The van der Waals surface area contributed by atoms with Crippen LogP contribution in [0, 0.1) is 0 Å². The zero-order chi connectivity index (χ0) is 16.3. The first-order chi connectivity index (χ1) is 11.3. The summed E-state index contributed by atoms with van der Waals surface area (Å²) in [6.45, 7) is 6.26. The Morgan fingerprint density at radius 1 is 0.826 bits per heavy atom. The van der Waals surface area contributed by atoms with Crippen molar-refractivity contribution >= 4 is 11.8 Å². The van der Waals surface area contributed by atoms with Gasteiger partial charge in [-0.05, 0) is 12.8 Å². The molecule has 0 aliphatic heterocycles. The molecule has 0 amide bonds. The molecule has 0 aliphatic carbocycles. The van der Waals surface area contributed by atoms with E-state index in [-0.39, 0.29) is 0 Å². The Morgan fingerprint density at radius 3 is 2.30 bits per heavy atom. The van der Waals surface area contributed by atoms with Gasteiger partial charge in [-0.2, -0.15) is 4.98 Å². The van der Waals surface area contributed by atoms with Crippen molar-refractivity contribution in [2.75, 3.05) is 23.7 Å². The van der Waals surface area contributed by atoms with Gasteiger partial charge >= 0.3 is 0 Å². The van der Waals surface area contributed by atoms with Gasteiger partial charge in [0.05, 0.1) is 5.69 Å². The van der Waals surface area contributed by atoms with Crippen molar-refractivity contribution in [3.05, 3.63) is 36.4 Å². The molecule has 0 radical (unpaired) electrons. The maximum absolute atomic E-state index is 4.66. The number of aromatic nitrogens is 2. The summed E-state index contributed by atoms with van der Waals surface area (Å²) in [5.74, 6) is 1.60. The largest absolute Gasteiger partial charge is 0.370 e. The van der Waals surface area contributed by atoms with Crippen LogP contribution in [-0.4, -0.2) is 23.1 Å². The fraction of sp³-hybridized carbons (Fsp3) is 0.474. The first-order valence-electron chi connectivity index (χ1n) is 8.75. The standard InChI is InChI=1S/C19H28N4/c1-3-5-10-14-20-18-15-17(16-11-8-7-9-12-16)22-19(23-18)21-13-6-4-2/h7-9,11-12,15H,3-6,10,13-14H2,1-2H3,(H2,20,21,22,23). The van der Waals surface area contributed by atoms with Crippen molar-refractivity contribution in [1.29, 1.82) is 0 Å². The molecule has 0 saturated heterocycles. The molecule has 0 fully saturated rings. The SMILES string of the molecule is CCCCCNc1cc(-c2ccccc2)nc(NCCCC)n1. The van der Waals surface area contributed by atoms with Crippen LogP contribution in [0.1, 0.15) is 46.0 Å². The third-order valence-corrected chi connectivity index (χ3v) is 3.70. The van der Waals surface area contributed by atoms with Gasteiger partial charge in [-0.1, -0.05) is 63.4 Å². The highest BCUT2D eigenvalue weighted by molar-refractivity contribution is 5.64. The van der Waals surface area contributed by atoms with Crippen LogP contribution in [0.2, 0.25) is 0 Å². The third-order valence-electron chi connectivity index (χ3n) is 3.70. The average molecular weight is 312 g/mol. The number of benzene rings is 1. The summed E-state index contributed by atoms with van der Waals surface area (Å²) >= 11 is 0. The van der Waals surface area contributed by atoms with Crippen LogP contribution in [0.3, 0.4) is 0 Å². The Hall–Kier alpha value is -2.10. The van der Waals surface area contributed by atoms with E-state index in [1.165, 1.54) is 19.3 Å². The van der Waals surface area contributed by atoms with Crippen LogP contribution < -0.4 is 10.6 Å². The van der Waals surface area contributed by atoms with Gasteiger partial charge in [-0.25, -0.2) is 4.98 Å². The zero-order valence-electron chi connectivity index (χ0n) is 14.3. The number of hydrogen-bond donors (Lipinski definition) is 2. The first-order valence-corrected chi connectivity index (χ1v) is 8.75. The third kappa shape index (κ3) is 5.89. The number of hydrogen-bond acceptors (Lipinski definition) is 4. The summed E-state index contributed by atoms with van der Waals surface area (Å²) in [6.07, 6.45) is 5.92. The Morgan fingerprint density at radius 2 is 1.57 bits per heavy atom. The molecule has 1 aromatic carbocycles. The molecule has 4 nitrogen and oxygen atoms in total. The van der Waals surface area contributed by atoms with Gasteiger partial charge in [0.1, 0.15) is 5.82 Å². The highest BCUT2D eigenvalue weighted by atomic mass is 15.1. The van der Waals surface area contributed by atoms with Crippen LogP contribution >= 0.6 is 0 Å². The second kappa shape index (κ2) is 9.82. The lowest BCUT2D eigenvalue weighted by molar-refractivity contribution is 0.742. The van der Waals surface area contributed by atoms with Gasteiger partial charge in [-0.3, -0.25) is 0 Å². The second-order valence-corrected chi connectivity index (χ2v) is 5.74. The first kappa shape index (κ1) is 17.3. The smallest absolute Gasteiger partial charge is 0.225 e. The molecule has 0 saturated carbocycles. The lowest BCUT2D eigenvalue weighted by Gasteiger charge is -2.11. The zero-order valence-corrected chi connectivity index (χ0v) is 14.3. The van der Waals surface area contributed by atoms with Crippen molar-refractivity contribution in [2.24, 2.45) is 0 Å². The predicted octanol–water partition coefficient (Wildman–Crippen LogP) is 4.96. The molecule has 1 heterocycles. The molecule has 2 N–H and O–H groups in total. The summed E-state index contributed by atoms with van der Waals surface area (Å²) in [4.78, 5) is 9.25. The van der Waals surface area contributed by atoms with E-state index in [1.54, 1.807) is 0 Å². The van der Waals surface area contributed by atoms with Gasteiger partial charge in [0, 0.05) is 24.7 Å². The fourth-order valence-corrected chi connectivity index (χ4v) is 2.34. The van der Waals surface area contributed by atoms with Crippen LogP contribution in [0.25, 0.3) is 11.3 Å². The van der Waals surface area contributed by atoms with E-state index in [0.717, 1.165) is 43.0 Å². The van der Waals surface area contributed by atoms with Gasteiger partial charge in [0.25, 0.3) is 0 Å². The topological polar surface area (TPSA) is 49.8 Å². The number of nitrogens with zero attached hydrogens (tertiary/aromatic N) is 2. The molecule has 0 unspecified atom stereocenters. The van der Waals surface area contributed by atoms with E-state index >= 15 is 0 Å².